The maximum atomic E-state index is 12.7. The maximum absolute atomic E-state index is 12.7. The minimum absolute atomic E-state index is 0.00582. The number of anilines is 1. The molecule has 33 heavy (non-hydrogen) atoms. The highest BCUT2D eigenvalue weighted by Gasteiger charge is 2.26. The Hall–Kier alpha value is -3.01. The van der Waals surface area contributed by atoms with Crippen LogP contribution < -0.4 is 15.8 Å². The quantitative estimate of drug-likeness (QED) is 0.369. The molecule has 8 nitrogen and oxygen atoms in total. The van der Waals surface area contributed by atoms with Gasteiger partial charge in [0.25, 0.3) is 11.8 Å². The number of rotatable bonds is 9. The smallest absolute Gasteiger partial charge is 0.341 e. The highest BCUT2D eigenvalue weighted by Crippen LogP contribution is 2.34. The number of halogens is 2. The summed E-state index contributed by atoms with van der Waals surface area (Å²) in [5.41, 5.74) is 5.83. The van der Waals surface area contributed by atoms with Crippen molar-refractivity contribution in [1.82, 2.24) is 0 Å². The van der Waals surface area contributed by atoms with Crippen LogP contribution in [0.25, 0.3) is 0 Å². The van der Waals surface area contributed by atoms with Crippen molar-refractivity contribution in [3.63, 3.8) is 0 Å². The number of nitrogens with two attached hydrogens (primary N) is 1. The summed E-state index contributed by atoms with van der Waals surface area (Å²) in [5.74, 6) is -1.28. The Labute approximate surface area is 203 Å². The zero-order chi connectivity index (χ0) is 24.1. The van der Waals surface area contributed by atoms with E-state index in [2.05, 4.69) is 5.32 Å². The molecule has 0 radical (unpaired) electrons. The van der Waals surface area contributed by atoms with E-state index in [9.17, 15) is 14.4 Å². The van der Waals surface area contributed by atoms with Crippen molar-refractivity contribution in [2.75, 3.05) is 11.9 Å². The van der Waals surface area contributed by atoms with Gasteiger partial charge < -0.3 is 24.9 Å². The van der Waals surface area contributed by atoms with E-state index in [0.29, 0.717) is 28.5 Å². The summed E-state index contributed by atoms with van der Waals surface area (Å²) in [7, 11) is 0. The third-order valence-corrected chi connectivity index (χ3v) is 6.43. The fourth-order valence-electron chi connectivity index (χ4n) is 2.84. The number of primary amides is 1. The number of esters is 1. The molecule has 0 aliphatic carbocycles. The van der Waals surface area contributed by atoms with E-state index in [0.717, 1.165) is 11.3 Å². The molecular formula is C22H20Cl2N2O6S. The van der Waals surface area contributed by atoms with Gasteiger partial charge in [0.15, 0.2) is 5.76 Å². The molecule has 174 valence electrons. The SMILES string of the molecule is CCCOC(=O)c1c(NC(=O)c2ccc(COc3cccc(Cl)c3Cl)o2)sc(C(N)=O)c1C. The van der Waals surface area contributed by atoms with Gasteiger partial charge in [-0.05, 0) is 43.2 Å². The molecule has 0 saturated heterocycles. The van der Waals surface area contributed by atoms with Crippen LogP contribution in [0.1, 0.15) is 55.3 Å². The van der Waals surface area contributed by atoms with Crippen LogP contribution in [0, 0.1) is 6.92 Å². The van der Waals surface area contributed by atoms with E-state index in [4.69, 9.17) is 42.8 Å². The van der Waals surface area contributed by atoms with E-state index in [1.807, 2.05) is 6.92 Å². The molecule has 3 rings (SSSR count). The monoisotopic (exact) mass is 510 g/mol. The molecule has 0 atom stereocenters. The van der Waals surface area contributed by atoms with Crippen LogP contribution >= 0.6 is 34.5 Å². The Balaban J connectivity index is 1.76. The summed E-state index contributed by atoms with van der Waals surface area (Å²) in [6.45, 7) is 3.62. The number of benzene rings is 1. The highest BCUT2D eigenvalue weighted by atomic mass is 35.5. The topological polar surface area (TPSA) is 121 Å². The van der Waals surface area contributed by atoms with Gasteiger partial charge in [0.1, 0.15) is 28.1 Å². The van der Waals surface area contributed by atoms with E-state index in [-0.39, 0.29) is 39.4 Å². The number of amides is 2. The Morgan fingerprint density at radius 1 is 1.18 bits per heavy atom. The third kappa shape index (κ3) is 5.68. The summed E-state index contributed by atoms with van der Waals surface area (Å²) in [6.07, 6.45) is 0.622. The number of furan rings is 1. The van der Waals surface area contributed by atoms with Gasteiger partial charge in [0.2, 0.25) is 0 Å². The first-order valence-corrected chi connectivity index (χ1v) is 11.4. The van der Waals surface area contributed by atoms with Gasteiger partial charge in [0.05, 0.1) is 22.1 Å². The average molecular weight is 511 g/mol. The molecule has 1 aromatic carbocycles. The van der Waals surface area contributed by atoms with Crippen molar-refractivity contribution in [3.8, 4) is 5.75 Å². The maximum Gasteiger partial charge on any atom is 0.341 e. The van der Waals surface area contributed by atoms with Crippen molar-refractivity contribution in [3.05, 3.63) is 67.9 Å². The molecule has 0 unspecified atom stereocenters. The molecule has 3 N–H and O–H groups in total. The van der Waals surface area contributed by atoms with Gasteiger partial charge in [-0.3, -0.25) is 9.59 Å². The zero-order valence-electron chi connectivity index (χ0n) is 17.7. The molecule has 2 aromatic heterocycles. The second kappa shape index (κ2) is 10.7. The lowest BCUT2D eigenvalue weighted by Crippen LogP contribution is -2.15. The predicted octanol–water partition coefficient (Wildman–Crippen LogP) is 5.45. The Morgan fingerprint density at radius 3 is 2.64 bits per heavy atom. The van der Waals surface area contributed by atoms with E-state index >= 15 is 0 Å². The minimum Gasteiger partial charge on any atom is -0.484 e. The first kappa shape index (κ1) is 24.6. The molecule has 2 amide bonds. The number of thiophene rings is 1. The van der Waals surface area contributed by atoms with Crippen molar-refractivity contribution in [2.45, 2.75) is 26.9 Å². The van der Waals surface area contributed by atoms with Crippen LogP contribution in [0.3, 0.4) is 0 Å². The predicted molar refractivity (Wildman–Crippen MR) is 126 cm³/mol. The summed E-state index contributed by atoms with van der Waals surface area (Å²) < 4.78 is 16.3. The van der Waals surface area contributed by atoms with Crippen LogP contribution in [0.5, 0.6) is 5.75 Å². The lowest BCUT2D eigenvalue weighted by Gasteiger charge is -2.07. The van der Waals surface area contributed by atoms with Crippen LogP contribution in [-0.2, 0) is 11.3 Å². The third-order valence-electron chi connectivity index (χ3n) is 4.41. The summed E-state index contributed by atoms with van der Waals surface area (Å²) in [6, 6.07) is 8.00. The molecule has 3 aromatic rings. The Kier molecular flexibility index (Phi) is 8.01. The molecule has 0 bridgehead atoms. The molecule has 0 spiro atoms. The molecular weight excluding hydrogens is 491 g/mol. The number of nitrogens with one attached hydrogen (secondary N) is 1. The van der Waals surface area contributed by atoms with Gasteiger partial charge in [-0.1, -0.05) is 36.2 Å². The molecule has 0 aliphatic rings. The second-order valence-corrected chi connectivity index (χ2v) is 8.63. The lowest BCUT2D eigenvalue weighted by molar-refractivity contribution is 0.0506. The van der Waals surface area contributed by atoms with Gasteiger partial charge in [-0.2, -0.15) is 0 Å². The number of hydrogen-bond donors (Lipinski definition) is 2. The van der Waals surface area contributed by atoms with Gasteiger partial charge in [-0.25, -0.2) is 4.79 Å². The van der Waals surface area contributed by atoms with Crippen LogP contribution in [0.2, 0.25) is 10.0 Å². The lowest BCUT2D eigenvalue weighted by atomic mass is 10.1. The summed E-state index contributed by atoms with van der Waals surface area (Å²) in [4.78, 5) is 37.1. The normalized spacial score (nSPS) is 10.7. The van der Waals surface area contributed by atoms with Crippen molar-refractivity contribution in [2.24, 2.45) is 5.73 Å². The van der Waals surface area contributed by atoms with Gasteiger partial charge in [0, 0.05) is 0 Å². The number of carbonyl (C=O) groups is 3. The highest BCUT2D eigenvalue weighted by molar-refractivity contribution is 7.18. The number of ether oxygens (including phenoxy) is 2. The van der Waals surface area contributed by atoms with Crippen molar-refractivity contribution >= 4 is 57.3 Å². The molecule has 0 saturated carbocycles. The summed E-state index contributed by atoms with van der Waals surface area (Å²) >= 11 is 13.0. The molecule has 2 heterocycles. The van der Waals surface area contributed by atoms with E-state index < -0.39 is 17.8 Å². The fourth-order valence-corrected chi connectivity index (χ4v) is 4.22. The van der Waals surface area contributed by atoms with Crippen LogP contribution in [0.15, 0.2) is 34.7 Å². The standard InChI is InChI=1S/C22H20Cl2N2O6S/c1-3-9-30-22(29)16-11(2)18(19(25)27)33-21(16)26-20(28)15-8-7-12(32-15)10-31-14-6-4-5-13(23)17(14)24/h4-8H,3,9-10H2,1-2H3,(H2,25,27)(H,26,28). The second-order valence-electron chi connectivity index (χ2n) is 6.82. The van der Waals surface area contributed by atoms with E-state index in [1.54, 1.807) is 31.2 Å². The fraction of sp³-hybridized carbons (Fsp3) is 0.227. The first-order valence-electron chi connectivity index (χ1n) is 9.80. The van der Waals surface area contributed by atoms with E-state index in [1.165, 1.54) is 6.07 Å². The largest absolute Gasteiger partial charge is 0.484 e. The Bertz CT molecular complexity index is 1200. The molecule has 0 aliphatic heterocycles. The molecule has 0 fully saturated rings. The zero-order valence-corrected chi connectivity index (χ0v) is 20.0. The van der Waals surface area contributed by atoms with Gasteiger partial charge in [-0.15, -0.1) is 11.3 Å². The Morgan fingerprint density at radius 2 is 1.94 bits per heavy atom. The number of carbonyl (C=O) groups excluding carboxylic acids is 3. The first-order chi connectivity index (χ1) is 15.7. The van der Waals surface area contributed by atoms with Crippen molar-refractivity contribution in [1.29, 1.82) is 0 Å². The average Bonchev–Trinajstić information content (AvgIpc) is 3.38. The van der Waals surface area contributed by atoms with Gasteiger partial charge >= 0.3 is 5.97 Å². The van der Waals surface area contributed by atoms with Crippen LogP contribution in [0.4, 0.5) is 5.00 Å². The van der Waals surface area contributed by atoms with Crippen molar-refractivity contribution < 1.29 is 28.3 Å². The number of hydrogen-bond acceptors (Lipinski definition) is 7. The summed E-state index contributed by atoms with van der Waals surface area (Å²) in [5, 5.41) is 3.37. The minimum atomic E-state index is -0.709. The van der Waals surface area contributed by atoms with Crippen LogP contribution in [-0.4, -0.2) is 24.4 Å². The molecule has 11 heteroatoms.